The molecule has 0 spiro atoms. The molecule has 5 nitrogen and oxygen atoms in total. The second kappa shape index (κ2) is 7.99. The molecule has 1 aromatic rings. The molecule has 2 atom stereocenters. The van der Waals surface area contributed by atoms with Crippen LogP contribution in [-0.4, -0.2) is 54.3 Å². The normalized spacial score (nSPS) is 27.0. The summed E-state index contributed by atoms with van der Waals surface area (Å²) in [5.74, 6) is 1.30. The second-order valence-corrected chi connectivity index (χ2v) is 6.42. The first-order valence-electron chi connectivity index (χ1n) is 8.50. The van der Waals surface area contributed by atoms with Crippen molar-refractivity contribution in [3.8, 4) is 0 Å². The predicted octanol–water partition coefficient (Wildman–Crippen LogP) is 2.37. The number of ether oxygens (including phenoxy) is 2. The lowest BCUT2D eigenvalue weighted by molar-refractivity contribution is -0.0101. The Labute approximate surface area is 133 Å². The van der Waals surface area contributed by atoms with E-state index >= 15 is 0 Å². The van der Waals surface area contributed by atoms with Gasteiger partial charge in [-0.2, -0.15) is 0 Å². The average Bonchev–Trinajstić information content (AvgIpc) is 2.57. The van der Waals surface area contributed by atoms with Gasteiger partial charge in [-0.05, 0) is 44.7 Å². The van der Waals surface area contributed by atoms with Crippen molar-refractivity contribution < 1.29 is 9.47 Å². The van der Waals surface area contributed by atoms with Gasteiger partial charge in [0, 0.05) is 44.6 Å². The molecule has 3 rings (SSSR count). The molecular weight excluding hydrogens is 278 g/mol. The third-order valence-electron chi connectivity index (χ3n) is 4.66. The molecule has 0 N–H and O–H groups in total. The van der Waals surface area contributed by atoms with E-state index in [-0.39, 0.29) is 0 Å². The van der Waals surface area contributed by atoms with Crippen molar-refractivity contribution in [2.45, 2.75) is 50.7 Å². The number of piperidine rings is 1. The molecule has 0 saturated carbocycles. The zero-order chi connectivity index (χ0) is 15.2. The summed E-state index contributed by atoms with van der Waals surface area (Å²) in [6, 6.07) is 2.06. The topological polar surface area (TPSA) is 47.5 Å². The van der Waals surface area contributed by atoms with E-state index in [2.05, 4.69) is 20.9 Å². The van der Waals surface area contributed by atoms with Gasteiger partial charge in [-0.3, -0.25) is 0 Å². The van der Waals surface area contributed by atoms with Crippen LogP contribution in [0.2, 0.25) is 0 Å². The third kappa shape index (κ3) is 4.24. The van der Waals surface area contributed by atoms with Crippen molar-refractivity contribution in [2.75, 3.05) is 33.4 Å². The lowest BCUT2D eigenvalue weighted by Crippen LogP contribution is -2.41. The monoisotopic (exact) mass is 305 g/mol. The van der Waals surface area contributed by atoms with Gasteiger partial charge in [0.2, 0.25) is 0 Å². The molecule has 2 unspecified atom stereocenters. The molecule has 1 aromatic heterocycles. The van der Waals surface area contributed by atoms with Gasteiger partial charge in [-0.25, -0.2) is 9.97 Å². The van der Waals surface area contributed by atoms with Crippen LogP contribution >= 0.6 is 0 Å². The van der Waals surface area contributed by atoms with Crippen LogP contribution in [0.15, 0.2) is 12.3 Å². The fourth-order valence-electron chi connectivity index (χ4n) is 3.54. The SMILES string of the molecule is COCc1nccc(C2CCCN(CC3CCCCO3)C2)n1. The summed E-state index contributed by atoms with van der Waals surface area (Å²) >= 11 is 0. The van der Waals surface area contributed by atoms with Crippen molar-refractivity contribution in [1.29, 1.82) is 0 Å². The van der Waals surface area contributed by atoms with E-state index in [9.17, 15) is 0 Å². The Morgan fingerprint density at radius 3 is 3.09 bits per heavy atom. The number of hydrogen-bond acceptors (Lipinski definition) is 5. The predicted molar refractivity (Wildman–Crippen MR) is 84.8 cm³/mol. The zero-order valence-electron chi connectivity index (χ0n) is 13.5. The van der Waals surface area contributed by atoms with E-state index in [1.54, 1.807) is 7.11 Å². The fraction of sp³-hybridized carbons (Fsp3) is 0.765. The Morgan fingerprint density at radius 1 is 1.32 bits per heavy atom. The average molecular weight is 305 g/mol. The van der Waals surface area contributed by atoms with Crippen LogP contribution in [0.25, 0.3) is 0 Å². The smallest absolute Gasteiger partial charge is 0.154 e. The molecule has 0 bridgehead atoms. The minimum atomic E-state index is 0.432. The molecule has 5 heteroatoms. The summed E-state index contributed by atoms with van der Waals surface area (Å²) in [6.45, 7) is 4.77. The first-order valence-corrected chi connectivity index (χ1v) is 8.50. The van der Waals surface area contributed by atoms with Gasteiger partial charge in [0.1, 0.15) is 6.61 Å². The van der Waals surface area contributed by atoms with Crippen LogP contribution in [0.5, 0.6) is 0 Å². The van der Waals surface area contributed by atoms with Gasteiger partial charge in [-0.15, -0.1) is 0 Å². The summed E-state index contributed by atoms with van der Waals surface area (Å²) in [7, 11) is 1.68. The molecule has 2 saturated heterocycles. The summed E-state index contributed by atoms with van der Waals surface area (Å²) < 4.78 is 11.0. The highest BCUT2D eigenvalue weighted by Gasteiger charge is 2.25. The van der Waals surface area contributed by atoms with Crippen LogP contribution in [-0.2, 0) is 16.1 Å². The maximum Gasteiger partial charge on any atom is 0.154 e. The number of aromatic nitrogens is 2. The number of nitrogens with zero attached hydrogens (tertiary/aromatic N) is 3. The lowest BCUT2D eigenvalue weighted by Gasteiger charge is -2.35. The number of methoxy groups -OCH3 is 1. The van der Waals surface area contributed by atoms with Gasteiger partial charge >= 0.3 is 0 Å². The van der Waals surface area contributed by atoms with Gasteiger partial charge in [0.25, 0.3) is 0 Å². The minimum absolute atomic E-state index is 0.432. The van der Waals surface area contributed by atoms with E-state index < -0.39 is 0 Å². The number of hydrogen-bond donors (Lipinski definition) is 0. The van der Waals surface area contributed by atoms with Gasteiger partial charge < -0.3 is 14.4 Å². The van der Waals surface area contributed by atoms with Gasteiger partial charge in [0.15, 0.2) is 5.82 Å². The summed E-state index contributed by atoms with van der Waals surface area (Å²) in [4.78, 5) is 11.5. The molecule has 0 radical (unpaired) electrons. The lowest BCUT2D eigenvalue weighted by atomic mass is 9.94. The first-order chi connectivity index (χ1) is 10.8. The van der Waals surface area contributed by atoms with Crippen molar-refractivity contribution in [3.63, 3.8) is 0 Å². The van der Waals surface area contributed by atoms with Crippen LogP contribution < -0.4 is 0 Å². The highest BCUT2D eigenvalue weighted by Crippen LogP contribution is 2.26. The Balaban J connectivity index is 1.58. The molecule has 3 heterocycles. The Bertz CT molecular complexity index is 463. The van der Waals surface area contributed by atoms with E-state index in [1.165, 1.54) is 38.6 Å². The summed E-state index contributed by atoms with van der Waals surface area (Å²) in [5, 5.41) is 0. The maximum absolute atomic E-state index is 5.89. The van der Waals surface area contributed by atoms with Crippen LogP contribution in [0.1, 0.15) is 49.5 Å². The van der Waals surface area contributed by atoms with E-state index in [0.29, 0.717) is 18.6 Å². The highest BCUT2D eigenvalue weighted by molar-refractivity contribution is 5.10. The molecule has 2 fully saturated rings. The van der Waals surface area contributed by atoms with Crippen LogP contribution in [0.4, 0.5) is 0 Å². The van der Waals surface area contributed by atoms with Gasteiger partial charge in [-0.1, -0.05) is 0 Å². The molecular formula is C17H27N3O2. The molecule has 22 heavy (non-hydrogen) atoms. The fourth-order valence-corrected chi connectivity index (χ4v) is 3.54. The Morgan fingerprint density at radius 2 is 2.27 bits per heavy atom. The molecule has 0 amide bonds. The molecule has 122 valence electrons. The summed E-state index contributed by atoms with van der Waals surface area (Å²) in [6.07, 6.45) is 8.50. The maximum atomic E-state index is 5.89. The molecule has 2 aliphatic rings. The van der Waals surface area contributed by atoms with Crippen molar-refractivity contribution in [2.24, 2.45) is 0 Å². The van der Waals surface area contributed by atoms with E-state index in [1.807, 2.05) is 6.20 Å². The van der Waals surface area contributed by atoms with Crippen molar-refractivity contribution in [1.82, 2.24) is 14.9 Å². The first kappa shape index (κ1) is 15.8. The molecule has 2 aliphatic heterocycles. The summed E-state index contributed by atoms with van der Waals surface area (Å²) in [5.41, 5.74) is 1.16. The largest absolute Gasteiger partial charge is 0.377 e. The highest BCUT2D eigenvalue weighted by atomic mass is 16.5. The van der Waals surface area contributed by atoms with Crippen molar-refractivity contribution in [3.05, 3.63) is 23.8 Å². The standard InChI is InChI=1S/C17H27N3O2/c1-21-13-17-18-8-7-16(19-17)14-5-4-9-20(11-14)12-15-6-2-3-10-22-15/h7-8,14-15H,2-6,9-13H2,1H3. The second-order valence-electron chi connectivity index (χ2n) is 6.42. The van der Waals surface area contributed by atoms with E-state index in [4.69, 9.17) is 9.47 Å². The number of rotatable bonds is 5. The molecule has 0 aliphatic carbocycles. The van der Waals surface area contributed by atoms with E-state index in [0.717, 1.165) is 31.2 Å². The van der Waals surface area contributed by atoms with Gasteiger partial charge in [0.05, 0.1) is 6.10 Å². The van der Waals surface area contributed by atoms with Crippen molar-refractivity contribution >= 4 is 0 Å². The van der Waals surface area contributed by atoms with Crippen LogP contribution in [0.3, 0.4) is 0 Å². The van der Waals surface area contributed by atoms with Crippen LogP contribution in [0, 0.1) is 0 Å². The Hall–Kier alpha value is -1.04. The molecule has 0 aromatic carbocycles. The quantitative estimate of drug-likeness (QED) is 0.836. The minimum Gasteiger partial charge on any atom is -0.377 e. The zero-order valence-corrected chi connectivity index (χ0v) is 13.5. The third-order valence-corrected chi connectivity index (χ3v) is 4.66. The Kier molecular flexibility index (Phi) is 5.76. The number of likely N-dealkylation sites (tertiary alicyclic amines) is 1.